The molecule has 0 radical (unpaired) electrons. The van der Waals surface area contributed by atoms with Gasteiger partial charge in [0, 0.05) is 44.0 Å². The first-order valence-electron chi connectivity index (χ1n) is 7.89. The third-order valence-corrected chi connectivity index (χ3v) is 3.92. The molecule has 8 nitrogen and oxygen atoms in total. The molecule has 1 aromatic carbocycles. The third kappa shape index (κ3) is 4.17. The molecule has 1 aliphatic rings. The summed E-state index contributed by atoms with van der Waals surface area (Å²) in [5.74, 6) is 0.759. The van der Waals surface area contributed by atoms with E-state index in [0.717, 1.165) is 5.82 Å². The van der Waals surface area contributed by atoms with Gasteiger partial charge in [0.15, 0.2) is 0 Å². The predicted molar refractivity (Wildman–Crippen MR) is 93.9 cm³/mol. The van der Waals surface area contributed by atoms with Crippen LogP contribution < -0.4 is 10.3 Å². The largest absolute Gasteiger partial charge is 0.508 e. The number of phenols is 2. The smallest absolute Gasteiger partial charge is 0.337 e. The number of hydrogen-bond acceptors (Lipinski definition) is 6. The summed E-state index contributed by atoms with van der Waals surface area (Å²) in [5, 5.41) is 22.7. The number of nitrogens with zero attached hydrogens (tertiary/aromatic N) is 4. The zero-order valence-electron chi connectivity index (χ0n) is 13.5. The van der Waals surface area contributed by atoms with Gasteiger partial charge in [0.25, 0.3) is 0 Å². The molecule has 0 saturated carbocycles. The van der Waals surface area contributed by atoms with Crippen LogP contribution in [-0.2, 0) is 0 Å². The van der Waals surface area contributed by atoms with Crippen LogP contribution in [0.5, 0.6) is 11.5 Å². The number of carbonyl (C=O) groups is 1. The van der Waals surface area contributed by atoms with Crippen LogP contribution in [-0.4, -0.2) is 58.5 Å². The fraction of sp³-hybridized carbons (Fsp3) is 0.235. The molecule has 0 aliphatic carbocycles. The summed E-state index contributed by atoms with van der Waals surface area (Å²) < 4.78 is 0. The molecule has 0 spiro atoms. The predicted octanol–water partition coefficient (Wildman–Crippen LogP) is 1.36. The lowest BCUT2D eigenvalue weighted by Crippen LogP contribution is -2.51. The van der Waals surface area contributed by atoms with Gasteiger partial charge >= 0.3 is 6.03 Å². The number of amides is 2. The van der Waals surface area contributed by atoms with Gasteiger partial charge < -0.3 is 20.0 Å². The topological polar surface area (TPSA) is 101 Å². The van der Waals surface area contributed by atoms with Crippen molar-refractivity contribution >= 4 is 18.1 Å². The van der Waals surface area contributed by atoms with Crippen molar-refractivity contribution < 1.29 is 15.0 Å². The average molecular weight is 341 g/mol. The Kier molecular flexibility index (Phi) is 4.98. The highest BCUT2D eigenvalue weighted by Gasteiger charge is 2.21. The lowest BCUT2D eigenvalue weighted by molar-refractivity contribution is 0.195. The van der Waals surface area contributed by atoms with Crippen LogP contribution in [0.4, 0.5) is 10.6 Å². The quantitative estimate of drug-likeness (QED) is 0.578. The van der Waals surface area contributed by atoms with Gasteiger partial charge in [-0.1, -0.05) is 6.07 Å². The molecule has 25 heavy (non-hydrogen) atoms. The highest BCUT2D eigenvalue weighted by Crippen LogP contribution is 2.20. The molecule has 3 N–H and O–H groups in total. The molecule has 130 valence electrons. The van der Waals surface area contributed by atoms with Crippen molar-refractivity contribution in [3.05, 3.63) is 48.2 Å². The highest BCUT2D eigenvalue weighted by atomic mass is 16.3. The molecule has 3 rings (SSSR count). The number of phenolic OH excluding ortho intramolecular Hbond substituents is 2. The summed E-state index contributed by atoms with van der Waals surface area (Å²) in [6.45, 7) is 2.55. The summed E-state index contributed by atoms with van der Waals surface area (Å²) in [7, 11) is 0. The number of nitrogens with one attached hydrogen (secondary N) is 1. The van der Waals surface area contributed by atoms with Crippen molar-refractivity contribution in [1.29, 1.82) is 0 Å². The average Bonchev–Trinajstić information content (AvgIpc) is 2.64. The summed E-state index contributed by atoms with van der Waals surface area (Å²) >= 11 is 0. The fourth-order valence-corrected chi connectivity index (χ4v) is 2.55. The van der Waals surface area contributed by atoms with E-state index in [1.54, 1.807) is 11.1 Å². The molecule has 1 aliphatic heterocycles. The zero-order valence-corrected chi connectivity index (χ0v) is 13.5. The number of carbonyl (C=O) groups excluding carboxylic acids is 1. The van der Waals surface area contributed by atoms with Crippen LogP contribution in [0.1, 0.15) is 5.56 Å². The summed E-state index contributed by atoms with van der Waals surface area (Å²) in [6, 6.07) is 9.61. The molecule has 0 bridgehead atoms. The monoisotopic (exact) mass is 341 g/mol. The van der Waals surface area contributed by atoms with Crippen molar-refractivity contribution in [3.8, 4) is 11.5 Å². The van der Waals surface area contributed by atoms with Gasteiger partial charge in [-0.15, -0.1) is 0 Å². The van der Waals surface area contributed by atoms with Crippen molar-refractivity contribution in [2.75, 3.05) is 31.1 Å². The van der Waals surface area contributed by atoms with E-state index in [4.69, 9.17) is 0 Å². The molecule has 0 unspecified atom stereocenters. The van der Waals surface area contributed by atoms with Crippen LogP contribution in [0, 0.1) is 0 Å². The minimum Gasteiger partial charge on any atom is -0.508 e. The summed E-state index contributed by atoms with van der Waals surface area (Å²) in [4.78, 5) is 20.2. The Bertz CT molecular complexity index is 758. The molecule has 2 aromatic rings. The van der Waals surface area contributed by atoms with Crippen LogP contribution in [0.2, 0.25) is 0 Å². The van der Waals surface area contributed by atoms with Crippen molar-refractivity contribution in [2.24, 2.45) is 5.10 Å². The number of pyridine rings is 1. The minimum atomic E-state index is -0.296. The van der Waals surface area contributed by atoms with Gasteiger partial charge in [-0.3, -0.25) is 0 Å². The third-order valence-electron chi connectivity index (χ3n) is 3.92. The highest BCUT2D eigenvalue weighted by molar-refractivity contribution is 5.85. The Morgan fingerprint density at radius 2 is 1.96 bits per heavy atom. The molecule has 1 fully saturated rings. The Labute approximate surface area is 145 Å². The SMILES string of the molecule is O=C(N/N=C/c1ccc(O)cc1O)N1CCN(c2ccccn2)CC1. The van der Waals surface area contributed by atoms with Crippen LogP contribution in [0.25, 0.3) is 0 Å². The summed E-state index contributed by atoms with van der Waals surface area (Å²) in [5.41, 5.74) is 2.85. The summed E-state index contributed by atoms with van der Waals surface area (Å²) in [6.07, 6.45) is 3.08. The maximum absolute atomic E-state index is 12.1. The molecule has 0 atom stereocenters. The Hall–Kier alpha value is -3.29. The van der Waals surface area contributed by atoms with Crippen LogP contribution >= 0.6 is 0 Å². The molecular weight excluding hydrogens is 322 g/mol. The Morgan fingerprint density at radius 1 is 1.16 bits per heavy atom. The second-order valence-corrected chi connectivity index (χ2v) is 5.58. The van der Waals surface area contributed by atoms with Crippen LogP contribution in [0.15, 0.2) is 47.7 Å². The number of benzene rings is 1. The number of anilines is 1. The van der Waals surface area contributed by atoms with Gasteiger partial charge in [0.05, 0.1) is 6.21 Å². The van der Waals surface area contributed by atoms with Gasteiger partial charge in [-0.2, -0.15) is 5.10 Å². The Morgan fingerprint density at radius 3 is 2.64 bits per heavy atom. The first kappa shape index (κ1) is 16.6. The van der Waals surface area contributed by atoms with Crippen molar-refractivity contribution in [1.82, 2.24) is 15.3 Å². The number of rotatable bonds is 3. The number of urea groups is 1. The van der Waals surface area contributed by atoms with E-state index < -0.39 is 0 Å². The second-order valence-electron chi connectivity index (χ2n) is 5.58. The van der Waals surface area contributed by atoms with Gasteiger partial charge in [-0.05, 0) is 24.3 Å². The number of aromatic hydroxyl groups is 2. The lowest BCUT2D eigenvalue weighted by Gasteiger charge is -2.34. The van der Waals surface area contributed by atoms with E-state index in [9.17, 15) is 15.0 Å². The maximum Gasteiger partial charge on any atom is 0.337 e. The van der Waals surface area contributed by atoms with Crippen LogP contribution in [0.3, 0.4) is 0 Å². The van der Waals surface area contributed by atoms with E-state index in [2.05, 4.69) is 20.4 Å². The van der Waals surface area contributed by atoms with Gasteiger partial charge in [0.1, 0.15) is 17.3 Å². The Balaban J connectivity index is 1.50. The molecular formula is C17H19N5O3. The molecule has 1 aromatic heterocycles. The first-order chi connectivity index (χ1) is 12.1. The normalized spacial score (nSPS) is 14.7. The number of hydrazone groups is 1. The first-order valence-corrected chi connectivity index (χ1v) is 7.89. The lowest BCUT2D eigenvalue weighted by atomic mass is 10.2. The number of hydrogen-bond donors (Lipinski definition) is 3. The zero-order chi connectivity index (χ0) is 17.6. The second kappa shape index (κ2) is 7.52. The van der Waals surface area contributed by atoms with E-state index in [-0.39, 0.29) is 17.5 Å². The van der Waals surface area contributed by atoms with E-state index >= 15 is 0 Å². The molecule has 2 heterocycles. The van der Waals surface area contributed by atoms with Crippen molar-refractivity contribution in [2.45, 2.75) is 0 Å². The fourth-order valence-electron chi connectivity index (χ4n) is 2.55. The van der Waals surface area contributed by atoms with E-state index in [0.29, 0.717) is 31.7 Å². The number of aromatic nitrogens is 1. The van der Waals surface area contributed by atoms with Gasteiger partial charge in [-0.25, -0.2) is 15.2 Å². The molecule has 8 heteroatoms. The maximum atomic E-state index is 12.1. The number of piperazine rings is 1. The van der Waals surface area contributed by atoms with E-state index in [1.165, 1.54) is 24.4 Å². The minimum absolute atomic E-state index is 0.0375. The standard InChI is InChI=1S/C17H19N5O3/c23-14-5-4-13(15(24)11-14)12-19-20-17(25)22-9-7-21(8-10-22)16-3-1-2-6-18-16/h1-6,11-12,23-24H,7-10H2,(H,20,25)/b19-12+. The van der Waals surface area contributed by atoms with Gasteiger partial charge in [0.2, 0.25) is 0 Å². The van der Waals surface area contributed by atoms with Crippen molar-refractivity contribution in [3.63, 3.8) is 0 Å². The molecule has 2 amide bonds. The molecule has 1 saturated heterocycles. The van der Waals surface area contributed by atoms with E-state index in [1.807, 2.05) is 18.2 Å².